The summed E-state index contributed by atoms with van der Waals surface area (Å²) in [6.07, 6.45) is 5.31. The molecule has 1 heterocycles. The van der Waals surface area contributed by atoms with Gasteiger partial charge in [-0.05, 0) is 23.6 Å². The number of rotatable bonds is 4. The number of hydrogen-bond acceptors (Lipinski definition) is 3. The van der Waals surface area contributed by atoms with E-state index in [2.05, 4.69) is 39.4 Å². The van der Waals surface area contributed by atoms with E-state index in [-0.39, 0.29) is 0 Å². The highest BCUT2D eigenvalue weighted by molar-refractivity contribution is 5.94. The molecule has 0 bridgehead atoms. The Balaban J connectivity index is 2.07. The number of guanidine groups is 1. The van der Waals surface area contributed by atoms with Gasteiger partial charge in [-0.3, -0.25) is 10.3 Å². The Morgan fingerprint density at radius 1 is 1.38 bits per heavy atom. The van der Waals surface area contributed by atoms with Gasteiger partial charge in [0, 0.05) is 12.2 Å². The third-order valence-electron chi connectivity index (χ3n) is 2.75. The summed E-state index contributed by atoms with van der Waals surface area (Å²) in [7, 11) is 0. The van der Waals surface area contributed by atoms with Crippen molar-refractivity contribution >= 4 is 11.6 Å². The summed E-state index contributed by atoms with van der Waals surface area (Å²) in [5.41, 5.74) is 2.88. The van der Waals surface area contributed by atoms with Gasteiger partial charge in [0.05, 0.1) is 18.2 Å². The Morgan fingerprint density at radius 2 is 2.14 bits per heavy atom. The van der Waals surface area contributed by atoms with Gasteiger partial charge in [-0.2, -0.15) is 5.26 Å². The molecule has 0 aliphatic heterocycles. The van der Waals surface area contributed by atoms with Crippen molar-refractivity contribution in [1.29, 1.82) is 5.26 Å². The fourth-order valence-electron chi connectivity index (χ4n) is 1.72. The molecule has 108 valence electrons. The van der Waals surface area contributed by atoms with Gasteiger partial charge in [0.25, 0.3) is 0 Å². The van der Waals surface area contributed by atoms with E-state index in [4.69, 9.17) is 5.26 Å². The number of nitrogens with zero attached hydrogens (tertiary/aromatic N) is 3. The SMILES string of the molecule is CC(C)CN=C(NC#N)Nc1ccc(-c2cnc[nH]2)cc1. The summed E-state index contributed by atoms with van der Waals surface area (Å²) in [6.45, 7) is 4.81. The van der Waals surface area contributed by atoms with Crippen LogP contribution in [0.2, 0.25) is 0 Å². The zero-order valence-corrected chi connectivity index (χ0v) is 12.1. The molecule has 2 rings (SSSR count). The van der Waals surface area contributed by atoms with E-state index in [0.29, 0.717) is 18.4 Å². The molecular weight excluding hydrogens is 264 g/mol. The average Bonchev–Trinajstić information content (AvgIpc) is 3.00. The number of benzene rings is 1. The molecule has 0 spiro atoms. The number of aromatic amines is 1. The Hall–Kier alpha value is -2.81. The average molecular weight is 282 g/mol. The second kappa shape index (κ2) is 7.10. The van der Waals surface area contributed by atoms with Gasteiger partial charge in [0.1, 0.15) is 0 Å². The van der Waals surface area contributed by atoms with Crippen LogP contribution in [0.15, 0.2) is 41.8 Å². The smallest absolute Gasteiger partial charge is 0.209 e. The van der Waals surface area contributed by atoms with E-state index < -0.39 is 0 Å². The molecule has 1 aromatic carbocycles. The Labute approximate surface area is 123 Å². The first kappa shape index (κ1) is 14.6. The lowest BCUT2D eigenvalue weighted by Crippen LogP contribution is -2.27. The summed E-state index contributed by atoms with van der Waals surface area (Å²) < 4.78 is 0. The van der Waals surface area contributed by atoms with E-state index in [9.17, 15) is 0 Å². The van der Waals surface area contributed by atoms with Crippen LogP contribution < -0.4 is 10.6 Å². The standard InChI is InChI=1S/C15H18N6/c1-11(2)7-18-15(19-9-16)21-13-5-3-12(4-6-13)14-8-17-10-20-14/h3-6,8,10-11H,7H2,1-2H3,(H,17,20)(H2,18,19,21). The summed E-state index contributed by atoms with van der Waals surface area (Å²) in [5, 5.41) is 14.4. The predicted molar refractivity (Wildman–Crippen MR) is 83.5 cm³/mol. The van der Waals surface area contributed by atoms with E-state index >= 15 is 0 Å². The van der Waals surface area contributed by atoms with Crippen LogP contribution in [0.25, 0.3) is 11.3 Å². The number of aliphatic imine (C=N–C) groups is 1. The maximum absolute atomic E-state index is 8.76. The zero-order chi connectivity index (χ0) is 15.1. The first-order valence-electron chi connectivity index (χ1n) is 6.74. The molecule has 1 aromatic heterocycles. The van der Waals surface area contributed by atoms with Gasteiger partial charge in [-0.1, -0.05) is 26.0 Å². The van der Waals surface area contributed by atoms with Crippen LogP contribution in [0, 0.1) is 17.4 Å². The van der Waals surface area contributed by atoms with Crippen molar-refractivity contribution in [3.63, 3.8) is 0 Å². The van der Waals surface area contributed by atoms with Crippen LogP contribution in [0.1, 0.15) is 13.8 Å². The highest BCUT2D eigenvalue weighted by atomic mass is 15.2. The molecule has 0 aliphatic carbocycles. The minimum Gasteiger partial charge on any atom is -0.345 e. The molecule has 0 saturated carbocycles. The van der Waals surface area contributed by atoms with Gasteiger partial charge in [0.2, 0.25) is 5.96 Å². The Morgan fingerprint density at radius 3 is 2.71 bits per heavy atom. The van der Waals surface area contributed by atoms with E-state index in [1.54, 1.807) is 12.5 Å². The van der Waals surface area contributed by atoms with Crippen molar-refractivity contribution in [3.8, 4) is 17.5 Å². The number of hydrogen-bond donors (Lipinski definition) is 3. The highest BCUT2D eigenvalue weighted by Gasteiger charge is 2.02. The maximum atomic E-state index is 8.76. The van der Waals surface area contributed by atoms with Crippen LogP contribution >= 0.6 is 0 Å². The second-order valence-electron chi connectivity index (χ2n) is 4.99. The molecule has 0 saturated heterocycles. The molecule has 21 heavy (non-hydrogen) atoms. The summed E-state index contributed by atoms with van der Waals surface area (Å²) >= 11 is 0. The molecule has 3 N–H and O–H groups in total. The molecule has 0 atom stereocenters. The molecule has 0 amide bonds. The topological polar surface area (TPSA) is 88.9 Å². The highest BCUT2D eigenvalue weighted by Crippen LogP contribution is 2.18. The number of H-pyrrole nitrogens is 1. The van der Waals surface area contributed by atoms with Gasteiger partial charge >= 0.3 is 0 Å². The van der Waals surface area contributed by atoms with Gasteiger partial charge in [-0.15, -0.1) is 0 Å². The van der Waals surface area contributed by atoms with E-state index in [0.717, 1.165) is 16.9 Å². The first-order chi connectivity index (χ1) is 10.2. The minimum atomic E-state index is 0.435. The van der Waals surface area contributed by atoms with Crippen LogP contribution in [0.4, 0.5) is 5.69 Å². The number of aromatic nitrogens is 2. The fraction of sp³-hybridized carbons (Fsp3) is 0.267. The molecule has 2 aromatic rings. The lowest BCUT2D eigenvalue weighted by atomic mass is 10.1. The van der Waals surface area contributed by atoms with Crippen molar-refractivity contribution in [2.45, 2.75) is 13.8 Å². The zero-order valence-electron chi connectivity index (χ0n) is 12.1. The maximum Gasteiger partial charge on any atom is 0.209 e. The summed E-state index contributed by atoms with van der Waals surface area (Å²) in [6, 6.07) is 7.81. The van der Waals surface area contributed by atoms with Gasteiger partial charge in [-0.25, -0.2) is 4.98 Å². The third-order valence-corrected chi connectivity index (χ3v) is 2.75. The van der Waals surface area contributed by atoms with Crippen LogP contribution in [0.5, 0.6) is 0 Å². The van der Waals surface area contributed by atoms with Crippen molar-refractivity contribution in [1.82, 2.24) is 15.3 Å². The summed E-state index contributed by atoms with van der Waals surface area (Å²) in [5.74, 6) is 0.894. The van der Waals surface area contributed by atoms with Crippen LogP contribution in [-0.4, -0.2) is 22.5 Å². The molecule has 0 aliphatic rings. The molecule has 0 unspecified atom stereocenters. The molecule has 0 radical (unpaired) electrons. The lowest BCUT2D eigenvalue weighted by molar-refractivity contribution is 0.664. The monoisotopic (exact) mass is 282 g/mol. The van der Waals surface area contributed by atoms with Crippen molar-refractivity contribution < 1.29 is 0 Å². The van der Waals surface area contributed by atoms with Gasteiger partial charge in [0.15, 0.2) is 6.19 Å². The Kier molecular flexibility index (Phi) is 4.94. The predicted octanol–water partition coefficient (Wildman–Crippen LogP) is 2.57. The van der Waals surface area contributed by atoms with Crippen molar-refractivity contribution in [3.05, 3.63) is 36.8 Å². The fourth-order valence-corrected chi connectivity index (χ4v) is 1.72. The number of nitriles is 1. The minimum absolute atomic E-state index is 0.435. The number of anilines is 1. The van der Waals surface area contributed by atoms with Crippen LogP contribution in [-0.2, 0) is 0 Å². The summed E-state index contributed by atoms with van der Waals surface area (Å²) in [4.78, 5) is 11.4. The number of imidazole rings is 1. The van der Waals surface area contributed by atoms with Crippen molar-refractivity contribution in [2.75, 3.05) is 11.9 Å². The quantitative estimate of drug-likeness (QED) is 0.348. The normalized spacial score (nSPS) is 11.2. The molecule has 0 fully saturated rings. The molecule has 6 nitrogen and oxygen atoms in total. The first-order valence-corrected chi connectivity index (χ1v) is 6.74. The van der Waals surface area contributed by atoms with E-state index in [1.165, 1.54) is 0 Å². The Bertz CT molecular complexity index is 619. The second-order valence-corrected chi connectivity index (χ2v) is 4.99. The van der Waals surface area contributed by atoms with Gasteiger partial charge < -0.3 is 10.3 Å². The molecular formula is C15H18N6. The largest absolute Gasteiger partial charge is 0.345 e. The lowest BCUT2D eigenvalue weighted by Gasteiger charge is -2.09. The van der Waals surface area contributed by atoms with Crippen molar-refractivity contribution in [2.24, 2.45) is 10.9 Å². The number of nitrogens with one attached hydrogen (secondary N) is 3. The van der Waals surface area contributed by atoms with E-state index in [1.807, 2.05) is 30.5 Å². The third kappa shape index (κ3) is 4.35. The van der Waals surface area contributed by atoms with Crippen LogP contribution in [0.3, 0.4) is 0 Å². The molecule has 6 heteroatoms.